The number of aromatic nitrogens is 1. The molecule has 0 radical (unpaired) electrons. The molecule has 4 bridgehead atoms. The summed E-state index contributed by atoms with van der Waals surface area (Å²) in [6.45, 7) is 4.57. The molecule has 5 rings (SSSR count). The standard InChI is InChI=1S/C24H32N2O6/c1-4-31-22(29)20-13(2)21(26-14(20)3)18(27)12-32-19(28)11-25-23(30)24-8-15-5-16(9-24)7-17(6-15)10-24/h15-17,26H,4-12H2,1-3H3,(H,25,30). The lowest BCUT2D eigenvalue weighted by molar-refractivity contribution is -0.150. The van der Waals surface area contributed by atoms with Gasteiger partial charge in [-0.1, -0.05) is 0 Å². The van der Waals surface area contributed by atoms with Crippen LogP contribution in [-0.4, -0.2) is 48.4 Å². The molecule has 2 N–H and O–H groups in total. The Morgan fingerprint density at radius 2 is 1.59 bits per heavy atom. The lowest BCUT2D eigenvalue weighted by Crippen LogP contribution is -2.54. The number of amides is 1. The van der Waals surface area contributed by atoms with E-state index in [4.69, 9.17) is 9.47 Å². The predicted octanol–water partition coefficient (Wildman–Crippen LogP) is 2.87. The van der Waals surface area contributed by atoms with Crippen molar-refractivity contribution in [3.63, 3.8) is 0 Å². The summed E-state index contributed by atoms with van der Waals surface area (Å²) in [6, 6.07) is 0. The first-order valence-electron chi connectivity index (χ1n) is 11.6. The minimum absolute atomic E-state index is 0.0465. The molecule has 32 heavy (non-hydrogen) atoms. The Bertz CT molecular complexity index is 911. The highest BCUT2D eigenvalue weighted by molar-refractivity contribution is 6.02. The fourth-order valence-electron chi connectivity index (χ4n) is 6.54. The molecule has 8 nitrogen and oxygen atoms in total. The van der Waals surface area contributed by atoms with Crippen molar-refractivity contribution in [1.29, 1.82) is 0 Å². The van der Waals surface area contributed by atoms with Gasteiger partial charge in [-0.3, -0.25) is 14.4 Å². The van der Waals surface area contributed by atoms with Crippen LogP contribution >= 0.6 is 0 Å². The summed E-state index contributed by atoms with van der Waals surface area (Å²) in [5.41, 5.74) is 1.21. The summed E-state index contributed by atoms with van der Waals surface area (Å²) in [6.07, 6.45) is 6.50. The molecule has 174 valence electrons. The first-order chi connectivity index (χ1) is 15.2. The van der Waals surface area contributed by atoms with E-state index in [1.807, 2.05) is 0 Å². The average Bonchev–Trinajstić information content (AvgIpc) is 3.03. The van der Waals surface area contributed by atoms with Crippen molar-refractivity contribution in [2.24, 2.45) is 23.2 Å². The third-order valence-corrected chi connectivity index (χ3v) is 7.47. The van der Waals surface area contributed by atoms with Crippen LogP contribution in [0.4, 0.5) is 0 Å². The maximum absolute atomic E-state index is 12.9. The molecule has 0 spiro atoms. The maximum Gasteiger partial charge on any atom is 0.340 e. The molecule has 4 aliphatic rings. The third kappa shape index (κ3) is 4.19. The molecule has 1 heterocycles. The molecule has 0 aromatic carbocycles. The second-order valence-electron chi connectivity index (χ2n) is 9.81. The Labute approximate surface area is 187 Å². The van der Waals surface area contributed by atoms with Gasteiger partial charge in [-0.2, -0.15) is 0 Å². The van der Waals surface area contributed by atoms with E-state index in [1.165, 1.54) is 19.3 Å². The van der Waals surface area contributed by atoms with Crippen LogP contribution in [0.15, 0.2) is 0 Å². The SMILES string of the molecule is CCOC(=O)c1c(C)[nH]c(C(=O)COC(=O)CNC(=O)C23CC4CC(CC(C4)C2)C3)c1C. The van der Waals surface area contributed by atoms with Crippen LogP contribution in [0, 0.1) is 37.0 Å². The number of H-pyrrole nitrogens is 1. The van der Waals surface area contributed by atoms with E-state index in [1.54, 1.807) is 20.8 Å². The van der Waals surface area contributed by atoms with Gasteiger partial charge in [-0.05, 0) is 82.6 Å². The molecule has 1 aromatic rings. The van der Waals surface area contributed by atoms with Crippen LogP contribution in [0.5, 0.6) is 0 Å². The molecule has 1 amide bonds. The first-order valence-corrected chi connectivity index (χ1v) is 11.6. The van der Waals surface area contributed by atoms with Gasteiger partial charge in [0.05, 0.1) is 17.9 Å². The van der Waals surface area contributed by atoms with Crippen molar-refractivity contribution in [2.45, 2.75) is 59.3 Å². The van der Waals surface area contributed by atoms with E-state index in [-0.39, 0.29) is 30.2 Å². The summed E-state index contributed by atoms with van der Waals surface area (Å²) in [4.78, 5) is 52.6. The number of Topliss-reactive ketones (excluding diaryl/α,β-unsaturated/α-hetero) is 1. The molecule has 4 saturated carbocycles. The zero-order valence-corrected chi connectivity index (χ0v) is 19.0. The summed E-state index contributed by atoms with van der Waals surface area (Å²) in [5, 5.41) is 2.76. The Balaban J connectivity index is 1.28. The molecule has 0 aliphatic heterocycles. The van der Waals surface area contributed by atoms with Gasteiger partial charge in [0.1, 0.15) is 6.54 Å². The highest BCUT2D eigenvalue weighted by Crippen LogP contribution is 2.60. The smallest absolute Gasteiger partial charge is 0.340 e. The van der Waals surface area contributed by atoms with Gasteiger partial charge in [0.2, 0.25) is 11.7 Å². The Kier molecular flexibility index (Phi) is 6.14. The first kappa shape index (κ1) is 22.6. The minimum Gasteiger partial charge on any atom is -0.462 e. The molecule has 0 unspecified atom stereocenters. The second-order valence-corrected chi connectivity index (χ2v) is 9.81. The Hall–Kier alpha value is -2.64. The van der Waals surface area contributed by atoms with Gasteiger partial charge >= 0.3 is 11.9 Å². The molecule has 0 saturated heterocycles. The fraction of sp³-hybridized carbons (Fsp3) is 0.667. The number of nitrogens with one attached hydrogen (secondary N) is 2. The molecule has 8 heteroatoms. The number of rotatable bonds is 8. The van der Waals surface area contributed by atoms with E-state index in [0.717, 1.165) is 19.3 Å². The largest absolute Gasteiger partial charge is 0.462 e. The summed E-state index contributed by atoms with van der Waals surface area (Å²) in [5.74, 6) is 0.289. The monoisotopic (exact) mass is 444 g/mol. The molecular weight excluding hydrogens is 412 g/mol. The number of hydrogen-bond donors (Lipinski definition) is 2. The summed E-state index contributed by atoms with van der Waals surface area (Å²) < 4.78 is 10.1. The van der Waals surface area contributed by atoms with Gasteiger partial charge in [0.15, 0.2) is 6.61 Å². The molecule has 4 fully saturated rings. The Morgan fingerprint density at radius 3 is 2.16 bits per heavy atom. The lowest BCUT2D eigenvalue weighted by atomic mass is 9.49. The molecular formula is C24H32N2O6. The molecule has 4 aliphatic carbocycles. The van der Waals surface area contributed by atoms with Crippen LogP contribution in [0.2, 0.25) is 0 Å². The summed E-state index contributed by atoms with van der Waals surface area (Å²) in [7, 11) is 0. The highest BCUT2D eigenvalue weighted by Gasteiger charge is 2.54. The quantitative estimate of drug-likeness (QED) is 0.471. The van der Waals surface area contributed by atoms with Crippen LogP contribution in [0.3, 0.4) is 0 Å². The van der Waals surface area contributed by atoms with Crippen molar-refractivity contribution in [2.75, 3.05) is 19.8 Å². The zero-order chi connectivity index (χ0) is 23.0. The van der Waals surface area contributed by atoms with Crippen molar-refractivity contribution in [3.8, 4) is 0 Å². The number of hydrogen-bond acceptors (Lipinski definition) is 6. The van der Waals surface area contributed by atoms with E-state index >= 15 is 0 Å². The zero-order valence-electron chi connectivity index (χ0n) is 19.0. The van der Waals surface area contributed by atoms with Gasteiger partial charge in [0, 0.05) is 11.1 Å². The number of carbonyl (C=O) groups excluding carboxylic acids is 4. The maximum atomic E-state index is 12.9. The van der Waals surface area contributed by atoms with Crippen LogP contribution < -0.4 is 5.32 Å². The van der Waals surface area contributed by atoms with Crippen LogP contribution in [-0.2, 0) is 19.1 Å². The lowest BCUT2D eigenvalue weighted by Gasteiger charge is -2.55. The highest BCUT2D eigenvalue weighted by atomic mass is 16.5. The van der Waals surface area contributed by atoms with Crippen molar-refractivity contribution in [1.82, 2.24) is 10.3 Å². The Morgan fingerprint density at radius 1 is 1.00 bits per heavy atom. The van der Waals surface area contributed by atoms with Gasteiger partial charge < -0.3 is 19.8 Å². The van der Waals surface area contributed by atoms with E-state index in [9.17, 15) is 19.2 Å². The average molecular weight is 445 g/mol. The number of esters is 2. The van der Waals surface area contributed by atoms with Gasteiger partial charge in [0.25, 0.3) is 0 Å². The van der Waals surface area contributed by atoms with E-state index in [2.05, 4.69) is 10.3 Å². The third-order valence-electron chi connectivity index (χ3n) is 7.47. The van der Waals surface area contributed by atoms with Gasteiger partial charge in [-0.15, -0.1) is 0 Å². The van der Waals surface area contributed by atoms with Crippen molar-refractivity contribution in [3.05, 3.63) is 22.5 Å². The number of aromatic amines is 1. The molecule has 1 aromatic heterocycles. The fourth-order valence-corrected chi connectivity index (χ4v) is 6.54. The number of carbonyl (C=O) groups is 4. The van der Waals surface area contributed by atoms with Crippen LogP contribution in [0.25, 0.3) is 0 Å². The second kappa shape index (κ2) is 8.71. The van der Waals surface area contributed by atoms with E-state index in [0.29, 0.717) is 34.6 Å². The topological polar surface area (TPSA) is 115 Å². The number of aryl methyl sites for hydroxylation is 1. The van der Waals surface area contributed by atoms with Crippen molar-refractivity contribution >= 4 is 23.6 Å². The number of ether oxygens (including phenoxy) is 2. The van der Waals surface area contributed by atoms with Crippen molar-refractivity contribution < 1.29 is 28.7 Å². The minimum atomic E-state index is -0.650. The normalized spacial score (nSPS) is 27.8. The van der Waals surface area contributed by atoms with E-state index < -0.39 is 24.3 Å². The van der Waals surface area contributed by atoms with Gasteiger partial charge in [-0.25, -0.2) is 4.79 Å². The predicted molar refractivity (Wildman–Crippen MR) is 115 cm³/mol. The van der Waals surface area contributed by atoms with Crippen LogP contribution in [0.1, 0.15) is 77.6 Å². The summed E-state index contributed by atoms with van der Waals surface area (Å²) >= 11 is 0. The number of ketones is 1. The molecule has 0 atom stereocenters.